The largest absolute Gasteiger partial charge is 0.130 e. The summed E-state index contributed by atoms with van der Waals surface area (Å²) >= 11 is 3.80. The first-order valence-electron chi connectivity index (χ1n) is 9.58. The second kappa shape index (κ2) is 7.77. The van der Waals surface area contributed by atoms with Gasteiger partial charge in [0.05, 0.1) is 0 Å². The minimum Gasteiger partial charge on any atom is -0.130 e. The van der Waals surface area contributed by atoms with E-state index in [1.54, 1.807) is 11.8 Å². The van der Waals surface area contributed by atoms with E-state index < -0.39 is 0 Å². The van der Waals surface area contributed by atoms with Gasteiger partial charge in [0.25, 0.3) is 0 Å². The molecule has 1 saturated carbocycles. The van der Waals surface area contributed by atoms with Gasteiger partial charge in [-0.25, -0.2) is 0 Å². The van der Waals surface area contributed by atoms with Gasteiger partial charge >= 0.3 is 0 Å². The summed E-state index contributed by atoms with van der Waals surface area (Å²) in [6.45, 7) is 6.60. The normalized spacial score (nSPS) is 18.9. The summed E-state index contributed by atoms with van der Waals surface area (Å²) in [7, 11) is 0. The summed E-state index contributed by atoms with van der Waals surface area (Å²) in [6, 6.07) is 17.9. The van der Waals surface area contributed by atoms with Crippen LogP contribution < -0.4 is 0 Å². The molecule has 0 nitrogen and oxygen atoms in total. The lowest BCUT2D eigenvalue weighted by atomic mass is 9.89. The van der Waals surface area contributed by atoms with Gasteiger partial charge in [-0.05, 0) is 79.3 Å². The fourth-order valence-electron chi connectivity index (χ4n) is 3.73. The van der Waals surface area contributed by atoms with Crippen LogP contribution in [0, 0.1) is 5.92 Å². The maximum Gasteiger partial charge on any atom is 0.0455 e. The predicted octanol–water partition coefficient (Wildman–Crippen LogP) is 7.78. The highest BCUT2D eigenvalue weighted by atomic mass is 32.2. The van der Waals surface area contributed by atoms with Crippen LogP contribution in [0.5, 0.6) is 0 Å². The second-order valence-electron chi connectivity index (χ2n) is 7.60. The monoisotopic (exact) mass is 390 g/mol. The van der Waals surface area contributed by atoms with Crippen molar-refractivity contribution in [1.82, 2.24) is 0 Å². The number of hydrogen-bond donors (Lipinski definition) is 0. The van der Waals surface area contributed by atoms with Crippen LogP contribution in [-0.4, -0.2) is 11.0 Å². The standard InChI is InChI=1S/C25H26S2/c1-18-5-4-6-22(17-18)25(2,21-11-12-21)27-24-15-9-20(10-16-24)19-7-13-23(26-3)14-8-19/h4,6-10,13-17,21H,1,5,11-12H2,2-3H3. The molecule has 4 rings (SSSR count). The second-order valence-corrected chi connectivity index (χ2v) is 10.0. The van der Waals surface area contributed by atoms with E-state index >= 15 is 0 Å². The van der Waals surface area contributed by atoms with Crippen LogP contribution in [-0.2, 0) is 0 Å². The van der Waals surface area contributed by atoms with Gasteiger partial charge in [-0.2, -0.15) is 0 Å². The van der Waals surface area contributed by atoms with E-state index in [0.29, 0.717) is 0 Å². The van der Waals surface area contributed by atoms with Crippen LogP contribution in [0.2, 0.25) is 0 Å². The van der Waals surface area contributed by atoms with Gasteiger partial charge in [0, 0.05) is 14.5 Å². The Kier molecular flexibility index (Phi) is 5.39. The molecule has 0 bridgehead atoms. The zero-order valence-electron chi connectivity index (χ0n) is 16.1. The molecule has 2 aromatic carbocycles. The van der Waals surface area contributed by atoms with Crippen molar-refractivity contribution in [3.8, 4) is 11.1 Å². The number of rotatable bonds is 6. The maximum absolute atomic E-state index is 4.18. The van der Waals surface area contributed by atoms with Crippen molar-refractivity contribution in [3.05, 3.63) is 84.5 Å². The lowest BCUT2D eigenvalue weighted by Gasteiger charge is -2.32. The van der Waals surface area contributed by atoms with Crippen molar-refractivity contribution < 1.29 is 0 Å². The first-order valence-corrected chi connectivity index (χ1v) is 11.6. The van der Waals surface area contributed by atoms with Crippen LogP contribution in [0.15, 0.2) is 94.3 Å². The summed E-state index contributed by atoms with van der Waals surface area (Å²) in [5, 5.41) is 0. The summed E-state index contributed by atoms with van der Waals surface area (Å²) < 4.78 is 0.140. The van der Waals surface area contributed by atoms with Crippen LogP contribution in [0.1, 0.15) is 26.2 Å². The van der Waals surface area contributed by atoms with Crippen molar-refractivity contribution in [2.75, 3.05) is 6.26 Å². The molecule has 1 atom stereocenters. The molecule has 1 unspecified atom stereocenters. The average Bonchev–Trinajstić information content (AvgIpc) is 3.54. The van der Waals surface area contributed by atoms with E-state index in [1.807, 2.05) is 11.8 Å². The van der Waals surface area contributed by atoms with Crippen molar-refractivity contribution in [3.63, 3.8) is 0 Å². The lowest BCUT2D eigenvalue weighted by molar-refractivity contribution is 0.656. The molecule has 1 fully saturated rings. The number of hydrogen-bond acceptors (Lipinski definition) is 2. The third-order valence-corrected chi connectivity index (χ3v) is 7.82. The molecule has 0 amide bonds. The smallest absolute Gasteiger partial charge is 0.0455 e. The molecule has 138 valence electrons. The molecule has 0 radical (unpaired) electrons. The van der Waals surface area contributed by atoms with E-state index in [2.05, 4.69) is 86.5 Å². The Balaban J connectivity index is 1.56. The molecule has 0 heterocycles. The van der Waals surface area contributed by atoms with Crippen molar-refractivity contribution in [2.24, 2.45) is 5.92 Å². The maximum atomic E-state index is 4.18. The van der Waals surface area contributed by atoms with Crippen LogP contribution in [0.3, 0.4) is 0 Å². The predicted molar refractivity (Wildman–Crippen MR) is 122 cm³/mol. The molecule has 2 aliphatic carbocycles. The topological polar surface area (TPSA) is 0 Å². The molecule has 0 spiro atoms. The van der Waals surface area contributed by atoms with Gasteiger partial charge in [0.2, 0.25) is 0 Å². The Morgan fingerprint density at radius 3 is 2.04 bits per heavy atom. The molecule has 2 aliphatic rings. The Morgan fingerprint density at radius 2 is 1.52 bits per heavy atom. The van der Waals surface area contributed by atoms with Crippen molar-refractivity contribution in [1.29, 1.82) is 0 Å². The highest BCUT2D eigenvalue weighted by molar-refractivity contribution is 8.01. The summed E-state index contributed by atoms with van der Waals surface area (Å²) in [5.41, 5.74) is 5.22. The number of thioether (sulfide) groups is 2. The minimum absolute atomic E-state index is 0.140. The number of allylic oxidation sites excluding steroid dienone is 4. The molecular formula is C25H26S2. The third kappa shape index (κ3) is 4.12. The van der Waals surface area contributed by atoms with Gasteiger partial charge in [-0.1, -0.05) is 54.6 Å². The van der Waals surface area contributed by atoms with E-state index in [9.17, 15) is 0 Å². The highest BCUT2D eigenvalue weighted by Gasteiger charge is 2.44. The fourth-order valence-corrected chi connectivity index (χ4v) is 5.55. The first kappa shape index (κ1) is 18.7. The van der Waals surface area contributed by atoms with E-state index in [0.717, 1.165) is 12.3 Å². The Labute approximate surface area is 171 Å². The number of benzene rings is 2. The van der Waals surface area contributed by atoms with Gasteiger partial charge in [0.1, 0.15) is 0 Å². The van der Waals surface area contributed by atoms with Gasteiger partial charge < -0.3 is 0 Å². The fraction of sp³-hybridized carbons (Fsp3) is 0.280. The quantitative estimate of drug-likeness (QED) is 0.462. The lowest BCUT2D eigenvalue weighted by Crippen LogP contribution is -2.26. The molecule has 0 N–H and O–H groups in total. The summed E-state index contributed by atoms with van der Waals surface area (Å²) in [4.78, 5) is 2.65. The van der Waals surface area contributed by atoms with Crippen molar-refractivity contribution >= 4 is 23.5 Å². The Hall–Kier alpha value is -1.64. The SMILES string of the molecule is C=C1C=C(C(C)(Sc2ccc(-c3ccc(SC)cc3)cc2)C2CC2)C=CC1. The van der Waals surface area contributed by atoms with Gasteiger partial charge in [-0.15, -0.1) is 23.5 Å². The summed E-state index contributed by atoms with van der Waals surface area (Å²) in [6.07, 6.45) is 12.7. The Morgan fingerprint density at radius 1 is 0.926 bits per heavy atom. The van der Waals surface area contributed by atoms with E-state index in [4.69, 9.17) is 0 Å². The van der Waals surface area contributed by atoms with Crippen molar-refractivity contribution in [2.45, 2.75) is 40.7 Å². The summed E-state index contributed by atoms with van der Waals surface area (Å²) in [5.74, 6) is 0.767. The molecule has 27 heavy (non-hydrogen) atoms. The molecule has 0 aromatic heterocycles. The van der Waals surface area contributed by atoms with Gasteiger partial charge in [-0.3, -0.25) is 0 Å². The molecule has 0 saturated heterocycles. The zero-order chi connectivity index (χ0) is 18.9. The first-order chi connectivity index (χ1) is 13.1. The van der Waals surface area contributed by atoms with E-state index in [1.165, 1.54) is 44.9 Å². The minimum atomic E-state index is 0.140. The van der Waals surface area contributed by atoms with Gasteiger partial charge in [0.15, 0.2) is 0 Å². The average molecular weight is 391 g/mol. The Bertz CT molecular complexity index is 883. The van der Waals surface area contributed by atoms with E-state index in [-0.39, 0.29) is 4.75 Å². The molecular weight excluding hydrogens is 364 g/mol. The van der Waals surface area contributed by atoms with Crippen LogP contribution >= 0.6 is 23.5 Å². The van der Waals surface area contributed by atoms with Crippen LogP contribution in [0.25, 0.3) is 11.1 Å². The molecule has 2 aromatic rings. The zero-order valence-corrected chi connectivity index (χ0v) is 17.7. The molecule has 2 heteroatoms. The highest BCUT2D eigenvalue weighted by Crippen LogP contribution is 2.54. The third-order valence-electron chi connectivity index (χ3n) is 5.57. The van der Waals surface area contributed by atoms with Crippen LogP contribution in [0.4, 0.5) is 0 Å². The molecule has 0 aliphatic heterocycles.